The minimum Gasteiger partial charge on any atom is -0.481 e. The molecule has 2 amide bonds. The second kappa shape index (κ2) is 5.59. The van der Waals surface area contributed by atoms with Crippen LogP contribution in [0.5, 0.6) is 0 Å². The molecule has 2 aliphatic rings. The van der Waals surface area contributed by atoms with Crippen molar-refractivity contribution in [3.63, 3.8) is 0 Å². The van der Waals surface area contributed by atoms with Crippen molar-refractivity contribution in [2.24, 2.45) is 17.8 Å². The smallest absolute Gasteiger partial charge is 0.307 e. The Bertz CT molecular complexity index is 388. The number of likely N-dealkylation sites (tertiary alicyclic amines) is 1. The third-order valence-corrected chi connectivity index (χ3v) is 3.95. The van der Waals surface area contributed by atoms with Crippen LogP contribution in [0, 0.1) is 17.8 Å². The number of amides is 2. The van der Waals surface area contributed by atoms with Crippen molar-refractivity contribution >= 4 is 17.8 Å². The SMILES string of the molecule is CCNC(=O)C1CCN(C(=O)[C@@H]2C[C@@H]2C(=O)O)CC1. The Balaban J connectivity index is 1.79. The molecule has 2 rings (SSSR count). The first-order valence-corrected chi connectivity index (χ1v) is 6.84. The third-order valence-electron chi connectivity index (χ3n) is 3.95. The molecule has 1 heterocycles. The first-order chi connectivity index (χ1) is 9.04. The van der Waals surface area contributed by atoms with Gasteiger partial charge in [-0.25, -0.2) is 0 Å². The van der Waals surface area contributed by atoms with E-state index < -0.39 is 11.9 Å². The molecule has 6 heteroatoms. The molecule has 106 valence electrons. The Kier molecular flexibility index (Phi) is 4.07. The van der Waals surface area contributed by atoms with Gasteiger partial charge in [0.15, 0.2) is 0 Å². The van der Waals surface area contributed by atoms with Gasteiger partial charge in [0.05, 0.1) is 11.8 Å². The lowest BCUT2D eigenvalue weighted by Crippen LogP contribution is -2.43. The summed E-state index contributed by atoms with van der Waals surface area (Å²) < 4.78 is 0. The van der Waals surface area contributed by atoms with Crippen molar-refractivity contribution in [1.82, 2.24) is 10.2 Å². The maximum Gasteiger partial charge on any atom is 0.307 e. The second-order valence-electron chi connectivity index (χ2n) is 5.28. The quantitative estimate of drug-likeness (QED) is 0.756. The van der Waals surface area contributed by atoms with Crippen LogP contribution < -0.4 is 5.32 Å². The van der Waals surface area contributed by atoms with Gasteiger partial charge in [0, 0.05) is 25.6 Å². The molecule has 1 saturated heterocycles. The molecule has 2 atom stereocenters. The van der Waals surface area contributed by atoms with E-state index in [9.17, 15) is 14.4 Å². The highest BCUT2D eigenvalue weighted by atomic mass is 16.4. The molecule has 1 aliphatic heterocycles. The van der Waals surface area contributed by atoms with Gasteiger partial charge in [-0.1, -0.05) is 0 Å². The Hall–Kier alpha value is -1.59. The fraction of sp³-hybridized carbons (Fsp3) is 0.769. The van der Waals surface area contributed by atoms with Crippen LogP contribution >= 0.6 is 0 Å². The van der Waals surface area contributed by atoms with Gasteiger partial charge in [0.25, 0.3) is 0 Å². The minimum absolute atomic E-state index is 0.0153. The summed E-state index contributed by atoms with van der Waals surface area (Å²) in [5.41, 5.74) is 0. The van der Waals surface area contributed by atoms with Crippen LogP contribution in [0.15, 0.2) is 0 Å². The molecular weight excluding hydrogens is 248 g/mol. The highest BCUT2D eigenvalue weighted by molar-refractivity contribution is 5.89. The molecule has 0 aromatic carbocycles. The average Bonchev–Trinajstić information content (AvgIpc) is 3.19. The lowest BCUT2D eigenvalue weighted by molar-refractivity contribution is -0.142. The van der Waals surface area contributed by atoms with E-state index in [2.05, 4.69) is 5.32 Å². The van der Waals surface area contributed by atoms with Crippen molar-refractivity contribution in [2.75, 3.05) is 19.6 Å². The van der Waals surface area contributed by atoms with Gasteiger partial charge in [-0.3, -0.25) is 14.4 Å². The maximum atomic E-state index is 12.0. The van der Waals surface area contributed by atoms with E-state index in [0.29, 0.717) is 38.9 Å². The molecule has 2 N–H and O–H groups in total. The molecular formula is C13H20N2O4. The first-order valence-electron chi connectivity index (χ1n) is 6.84. The number of piperidine rings is 1. The van der Waals surface area contributed by atoms with Crippen molar-refractivity contribution in [3.8, 4) is 0 Å². The summed E-state index contributed by atoms with van der Waals surface area (Å²) in [4.78, 5) is 36.2. The topological polar surface area (TPSA) is 86.7 Å². The second-order valence-corrected chi connectivity index (χ2v) is 5.28. The molecule has 0 unspecified atom stereocenters. The third kappa shape index (κ3) is 3.05. The lowest BCUT2D eigenvalue weighted by Gasteiger charge is -2.31. The van der Waals surface area contributed by atoms with Crippen LogP contribution in [0.25, 0.3) is 0 Å². The number of carboxylic acid groups (broad SMARTS) is 1. The first kappa shape index (κ1) is 13.8. The molecule has 0 bridgehead atoms. The molecule has 6 nitrogen and oxygen atoms in total. The zero-order valence-electron chi connectivity index (χ0n) is 11.1. The number of carbonyl (C=O) groups is 3. The van der Waals surface area contributed by atoms with E-state index in [1.165, 1.54) is 0 Å². The Labute approximate surface area is 112 Å². The summed E-state index contributed by atoms with van der Waals surface area (Å²) in [7, 11) is 0. The molecule has 1 saturated carbocycles. The normalized spacial score (nSPS) is 26.9. The van der Waals surface area contributed by atoms with Crippen LogP contribution in [0.2, 0.25) is 0 Å². The number of carbonyl (C=O) groups excluding carboxylic acids is 2. The maximum absolute atomic E-state index is 12.0. The molecule has 0 spiro atoms. The summed E-state index contributed by atoms with van der Waals surface area (Å²) in [5, 5.41) is 11.6. The van der Waals surface area contributed by atoms with Crippen LogP contribution in [0.3, 0.4) is 0 Å². The Morgan fingerprint density at radius 2 is 1.84 bits per heavy atom. The summed E-state index contributed by atoms with van der Waals surface area (Å²) in [6.45, 7) is 3.63. The number of carboxylic acids is 1. The van der Waals surface area contributed by atoms with Gasteiger partial charge < -0.3 is 15.3 Å². The van der Waals surface area contributed by atoms with Crippen molar-refractivity contribution in [3.05, 3.63) is 0 Å². The molecule has 0 radical (unpaired) electrons. The molecule has 1 aliphatic carbocycles. The Morgan fingerprint density at radius 3 is 2.32 bits per heavy atom. The molecule has 19 heavy (non-hydrogen) atoms. The molecule has 2 fully saturated rings. The van der Waals surface area contributed by atoms with E-state index in [1.807, 2.05) is 6.92 Å². The predicted octanol–water partition coefficient (Wildman–Crippen LogP) is 0.0818. The highest BCUT2D eigenvalue weighted by Crippen LogP contribution is 2.40. The number of hydrogen-bond donors (Lipinski definition) is 2. The van der Waals surface area contributed by atoms with Gasteiger partial charge >= 0.3 is 5.97 Å². The van der Waals surface area contributed by atoms with Crippen LogP contribution in [0.4, 0.5) is 0 Å². The van der Waals surface area contributed by atoms with E-state index in [0.717, 1.165) is 0 Å². The number of nitrogens with zero attached hydrogens (tertiary/aromatic N) is 1. The van der Waals surface area contributed by atoms with Gasteiger partial charge in [-0.05, 0) is 26.2 Å². The van der Waals surface area contributed by atoms with Crippen molar-refractivity contribution in [1.29, 1.82) is 0 Å². The standard InChI is InChI=1S/C13H20N2O4/c1-2-14-11(16)8-3-5-15(6-4-8)12(17)9-7-10(9)13(18)19/h8-10H,2-7H2,1H3,(H,14,16)(H,18,19)/t9-,10+/m1/s1. The van der Waals surface area contributed by atoms with Crippen molar-refractivity contribution < 1.29 is 19.5 Å². The van der Waals surface area contributed by atoms with Crippen LogP contribution in [-0.2, 0) is 14.4 Å². The van der Waals surface area contributed by atoms with Gasteiger partial charge in [0.2, 0.25) is 11.8 Å². The largest absolute Gasteiger partial charge is 0.481 e. The number of hydrogen-bond acceptors (Lipinski definition) is 3. The fourth-order valence-electron chi connectivity index (χ4n) is 2.66. The highest BCUT2D eigenvalue weighted by Gasteiger charge is 2.50. The number of aliphatic carboxylic acids is 1. The average molecular weight is 268 g/mol. The molecule has 0 aromatic rings. The number of rotatable bonds is 4. The number of nitrogens with one attached hydrogen (secondary N) is 1. The summed E-state index contributed by atoms with van der Waals surface area (Å²) in [6, 6.07) is 0. The summed E-state index contributed by atoms with van der Waals surface area (Å²) in [5.74, 6) is -1.72. The van der Waals surface area contributed by atoms with Crippen LogP contribution in [0.1, 0.15) is 26.2 Å². The fourth-order valence-corrected chi connectivity index (χ4v) is 2.66. The summed E-state index contributed by atoms with van der Waals surface area (Å²) >= 11 is 0. The van der Waals surface area contributed by atoms with E-state index in [-0.39, 0.29) is 23.7 Å². The monoisotopic (exact) mass is 268 g/mol. The zero-order chi connectivity index (χ0) is 14.0. The van der Waals surface area contributed by atoms with Crippen LogP contribution in [-0.4, -0.2) is 47.4 Å². The summed E-state index contributed by atoms with van der Waals surface area (Å²) in [6.07, 6.45) is 1.80. The van der Waals surface area contributed by atoms with Crippen molar-refractivity contribution in [2.45, 2.75) is 26.2 Å². The Morgan fingerprint density at radius 1 is 1.21 bits per heavy atom. The van der Waals surface area contributed by atoms with E-state index in [4.69, 9.17) is 5.11 Å². The van der Waals surface area contributed by atoms with Gasteiger partial charge in [0.1, 0.15) is 0 Å². The molecule has 0 aromatic heterocycles. The zero-order valence-corrected chi connectivity index (χ0v) is 11.1. The van der Waals surface area contributed by atoms with E-state index >= 15 is 0 Å². The van der Waals surface area contributed by atoms with Gasteiger partial charge in [-0.15, -0.1) is 0 Å². The van der Waals surface area contributed by atoms with E-state index in [1.54, 1.807) is 4.90 Å². The lowest BCUT2D eigenvalue weighted by atomic mass is 9.95. The predicted molar refractivity (Wildman–Crippen MR) is 67.2 cm³/mol. The minimum atomic E-state index is -0.879. The van der Waals surface area contributed by atoms with Gasteiger partial charge in [-0.2, -0.15) is 0 Å².